The molecule has 33 heavy (non-hydrogen) atoms. The van der Waals surface area contributed by atoms with Gasteiger partial charge >= 0.3 is 12.1 Å². The van der Waals surface area contributed by atoms with Crippen molar-refractivity contribution in [1.82, 2.24) is 20.1 Å². The van der Waals surface area contributed by atoms with Crippen LogP contribution < -0.4 is 5.32 Å². The molecule has 0 spiro atoms. The van der Waals surface area contributed by atoms with E-state index in [0.717, 1.165) is 25.9 Å². The first-order valence-electron chi connectivity index (χ1n) is 11.1. The molecule has 9 nitrogen and oxygen atoms in total. The first-order valence-corrected chi connectivity index (χ1v) is 11.8. The molecule has 2 aliphatic heterocycles. The Morgan fingerprint density at radius 1 is 1.12 bits per heavy atom. The van der Waals surface area contributed by atoms with E-state index >= 15 is 0 Å². The van der Waals surface area contributed by atoms with Crippen LogP contribution in [0.4, 0.5) is 4.79 Å². The monoisotopic (exact) mass is 502 g/mol. The number of aryl methyl sites for hydroxylation is 1. The summed E-state index contributed by atoms with van der Waals surface area (Å²) in [4.78, 5) is 44.3. The molecule has 2 amide bonds. The minimum Gasteiger partial charge on any atom is -0.467 e. The van der Waals surface area contributed by atoms with Crippen molar-refractivity contribution in [2.75, 3.05) is 26.7 Å². The summed E-state index contributed by atoms with van der Waals surface area (Å²) in [6.45, 7) is 8.98. The maximum atomic E-state index is 12.7. The zero-order valence-corrected chi connectivity index (χ0v) is 21.2. The zero-order chi connectivity index (χ0) is 24.5. The lowest BCUT2D eigenvalue weighted by molar-refractivity contribution is -0.145. The van der Waals surface area contributed by atoms with Crippen LogP contribution in [0.15, 0.2) is 0 Å². The molecule has 3 heterocycles. The molecule has 2 aliphatic rings. The fourth-order valence-electron chi connectivity index (χ4n) is 4.35. The number of aromatic nitrogens is 1. The molecule has 0 aromatic carbocycles. The van der Waals surface area contributed by atoms with E-state index in [1.165, 1.54) is 12.0 Å². The fraction of sp³-hybridized carbons (Fsp3) is 0.682. The second-order valence-electron chi connectivity index (χ2n) is 9.60. The molecule has 3 rings (SSSR count). The molecule has 0 radical (unpaired) electrons. The van der Waals surface area contributed by atoms with E-state index in [2.05, 4.69) is 15.2 Å². The van der Waals surface area contributed by atoms with Crippen molar-refractivity contribution < 1.29 is 23.9 Å². The highest BCUT2D eigenvalue weighted by molar-refractivity contribution is 6.44. The SMILES string of the molecule is COC(=O)[C@@H]1CC(N2CCC(NC(=O)c3[nH]c(C)c(Cl)c3Cl)CC2)CN1C(=O)OC(C)(C)C. The smallest absolute Gasteiger partial charge is 0.411 e. The summed E-state index contributed by atoms with van der Waals surface area (Å²) in [5, 5.41) is 3.60. The van der Waals surface area contributed by atoms with Crippen molar-refractivity contribution in [1.29, 1.82) is 0 Å². The van der Waals surface area contributed by atoms with Crippen LogP contribution in [-0.4, -0.2) is 83.2 Å². The van der Waals surface area contributed by atoms with Crippen LogP contribution in [-0.2, 0) is 14.3 Å². The highest BCUT2D eigenvalue weighted by Gasteiger charge is 2.44. The van der Waals surface area contributed by atoms with E-state index in [-0.39, 0.29) is 28.7 Å². The fourth-order valence-corrected chi connectivity index (χ4v) is 4.77. The predicted octanol–water partition coefficient (Wildman–Crippen LogP) is 3.38. The Labute approximate surface area is 204 Å². The second-order valence-corrected chi connectivity index (χ2v) is 10.4. The number of hydrogen-bond acceptors (Lipinski definition) is 6. The molecule has 0 bridgehead atoms. The van der Waals surface area contributed by atoms with Crippen LogP contribution in [0.5, 0.6) is 0 Å². The van der Waals surface area contributed by atoms with Crippen LogP contribution >= 0.6 is 23.2 Å². The van der Waals surface area contributed by atoms with Gasteiger partial charge in [-0.2, -0.15) is 0 Å². The third-order valence-electron chi connectivity index (χ3n) is 6.04. The topological polar surface area (TPSA) is 104 Å². The summed E-state index contributed by atoms with van der Waals surface area (Å²) < 4.78 is 10.4. The third-order valence-corrected chi connectivity index (χ3v) is 6.99. The van der Waals surface area contributed by atoms with Gasteiger partial charge < -0.3 is 19.8 Å². The molecule has 2 saturated heterocycles. The average molecular weight is 503 g/mol. The Bertz CT molecular complexity index is 905. The highest BCUT2D eigenvalue weighted by Crippen LogP contribution is 2.30. The normalized spacial score (nSPS) is 22.3. The quantitative estimate of drug-likeness (QED) is 0.611. The number of rotatable bonds is 4. The van der Waals surface area contributed by atoms with Crippen molar-refractivity contribution in [2.45, 2.75) is 70.7 Å². The van der Waals surface area contributed by atoms with Crippen LogP contribution in [0.25, 0.3) is 0 Å². The molecule has 0 aliphatic carbocycles. The number of amides is 2. The number of likely N-dealkylation sites (tertiary alicyclic amines) is 2. The van der Waals surface area contributed by atoms with Gasteiger partial charge in [0.1, 0.15) is 17.3 Å². The lowest BCUT2D eigenvalue weighted by Gasteiger charge is -2.36. The lowest BCUT2D eigenvalue weighted by atomic mass is 10.0. The summed E-state index contributed by atoms with van der Waals surface area (Å²) in [5.41, 5.74) is 0.265. The van der Waals surface area contributed by atoms with Crippen molar-refractivity contribution in [3.8, 4) is 0 Å². The largest absolute Gasteiger partial charge is 0.467 e. The number of aromatic amines is 1. The van der Waals surface area contributed by atoms with E-state index in [0.29, 0.717) is 23.7 Å². The molecule has 2 N–H and O–H groups in total. The summed E-state index contributed by atoms with van der Waals surface area (Å²) in [6, 6.07) is -0.667. The van der Waals surface area contributed by atoms with Gasteiger partial charge in [-0.05, 0) is 47.0 Å². The van der Waals surface area contributed by atoms with Gasteiger partial charge in [-0.1, -0.05) is 23.2 Å². The van der Waals surface area contributed by atoms with Crippen LogP contribution in [0.3, 0.4) is 0 Å². The maximum absolute atomic E-state index is 12.7. The van der Waals surface area contributed by atoms with Gasteiger partial charge in [-0.3, -0.25) is 14.6 Å². The van der Waals surface area contributed by atoms with Crippen molar-refractivity contribution >= 4 is 41.2 Å². The number of methoxy groups -OCH3 is 1. The number of esters is 1. The number of ether oxygens (including phenoxy) is 2. The maximum Gasteiger partial charge on any atom is 0.411 e. The van der Waals surface area contributed by atoms with Gasteiger partial charge in [-0.25, -0.2) is 9.59 Å². The van der Waals surface area contributed by atoms with Gasteiger partial charge in [0.25, 0.3) is 5.91 Å². The van der Waals surface area contributed by atoms with Crippen LogP contribution in [0.2, 0.25) is 10.0 Å². The summed E-state index contributed by atoms with van der Waals surface area (Å²) >= 11 is 12.2. The minimum absolute atomic E-state index is 0.00744. The molecular weight excluding hydrogens is 471 g/mol. The third kappa shape index (κ3) is 5.94. The van der Waals surface area contributed by atoms with Gasteiger partial charge in [0.15, 0.2) is 0 Å². The van der Waals surface area contributed by atoms with Gasteiger partial charge in [-0.15, -0.1) is 0 Å². The Morgan fingerprint density at radius 2 is 1.76 bits per heavy atom. The molecule has 1 aromatic heterocycles. The van der Waals surface area contributed by atoms with E-state index < -0.39 is 23.7 Å². The summed E-state index contributed by atoms with van der Waals surface area (Å²) in [5.74, 6) is -0.724. The van der Waals surface area contributed by atoms with Crippen LogP contribution in [0, 0.1) is 6.92 Å². The van der Waals surface area contributed by atoms with E-state index in [1.807, 2.05) is 0 Å². The number of nitrogens with zero attached hydrogens (tertiary/aromatic N) is 2. The molecule has 184 valence electrons. The highest BCUT2D eigenvalue weighted by atomic mass is 35.5. The predicted molar refractivity (Wildman–Crippen MR) is 125 cm³/mol. The number of carbonyl (C=O) groups is 3. The zero-order valence-electron chi connectivity index (χ0n) is 19.7. The Hall–Kier alpha value is -1.97. The van der Waals surface area contributed by atoms with Gasteiger partial charge in [0.05, 0.1) is 17.2 Å². The number of H-pyrrole nitrogens is 1. The van der Waals surface area contributed by atoms with E-state index in [1.54, 1.807) is 27.7 Å². The first-order chi connectivity index (χ1) is 15.4. The molecule has 2 fully saturated rings. The van der Waals surface area contributed by atoms with E-state index in [9.17, 15) is 14.4 Å². The van der Waals surface area contributed by atoms with Crippen LogP contribution in [0.1, 0.15) is 56.2 Å². The van der Waals surface area contributed by atoms with Gasteiger partial charge in [0.2, 0.25) is 0 Å². The van der Waals surface area contributed by atoms with Gasteiger partial charge in [0, 0.05) is 37.4 Å². The Balaban J connectivity index is 1.58. The molecule has 1 unspecified atom stereocenters. The number of piperidine rings is 1. The van der Waals surface area contributed by atoms with Crippen molar-refractivity contribution in [3.63, 3.8) is 0 Å². The number of nitrogens with one attached hydrogen (secondary N) is 2. The Kier molecular flexibility index (Phi) is 7.86. The van der Waals surface area contributed by atoms with Crippen molar-refractivity contribution in [3.05, 3.63) is 21.4 Å². The average Bonchev–Trinajstić information content (AvgIpc) is 3.30. The summed E-state index contributed by atoms with van der Waals surface area (Å²) in [7, 11) is 1.32. The number of halogens is 2. The lowest BCUT2D eigenvalue weighted by Crippen LogP contribution is -2.49. The first kappa shape index (κ1) is 25.6. The molecule has 1 aromatic rings. The van der Waals surface area contributed by atoms with Crippen molar-refractivity contribution in [2.24, 2.45) is 0 Å². The summed E-state index contributed by atoms with van der Waals surface area (Å²) in [6.07, 6.45) is 1.45. The molecule has 0 saturated carbocycles. The number of carbonyl (C=O) groups excluding carboxylic acids is 3. The standard InChI is InChI=1S/C22H32Cl2N4O5/c1-12-16(23)17(24)18(25-12)19(29)26-13-6-8-27(9-7-13)14-10-15(20(30)32-5)28(11-14)21(31)33-22(2,3)4/h13-15,25H,6-11H2,1-5H3,(H,26,29)/t14?,15-/m0/s1. The van der Waals surface area contributed by atoms with E-state index in [4.69, 9.17) is 32.7 Å². The number of hydrogen-bond donors (Lipinski definition) is 2. The molecular formula is C22H32Cl2N4O5. The Morgan fingerprint density at radius 3 is 2.27 bits per heavy atom. The molecule has 2 atom stereocenters. The second kappa shape index (κ2) is 10.1. The molecule has 11 heteroatoms. The minimum atomic E-state index is -0.671.